The van der Waals surface area contributed by atoms with Crippen LogP contribution in [-0.2, 0) is 90.5 Å². The normalized spacial score (nSPS) is 25.0. The molecule has 0 spiro atoms. The van der Waals surface area contributed by atoms with Crippen LogP contribution in [0.5, 0.6) is 0 Å². The molecule has 2 fully saturated rings. The van der Waals surface area contributed by atoms with Crippen LogP contribution in [0.3, 0.4) is 0 Å². The lowest BCUT2D eigenvalue weighted by molar-refractivity contribution is -0.361. The fourth-order valence-corrected chi connectivity index (χ4v) is 7.42. The summed E-state index contributed by atoms with van der Waals surface area (Å²) in [4.78, 5) is 99.0. The zero-order valence-electron chi connectivity index (χ0n) is 39.9. The minimum absolute atomic E-state index is 0.0219. The van der Waals surface area contributed by atoms with Crippen molar-refractivity contribution in [2.45, 2.75) is 207 Å². The molecule has 20 heteroatoms. The molecule has 0 radical (unpaired) electrons. The monoisotopic (exact) mass is 943 g/mol. The van der Waals surface area contributed by atoms with Gasteiger partial charge in [-0.1, -0.05) is 70.4 Å². The molecule has 2 saturated heterocycles. The molecule has 10 atom stereocenters. The van der Waals surface area contributed by atoms with Gasteiger partial charge < -0.3 is 57.4 Å². The molecule has 66 heavy (non-hydrogen) atoms. The smallest absolute Gasteiger partial charge is 0.303 e. The quantitative estimate of drug-likeness (QED) is 0.0440. The van der Waals surface area contributed by atoms with Crippen molar-refractivity contribution in [3.63, 3.8) is 0 Å². The highest BCUT2D eigenvalue weighted by molar-refractivity contribution is 5.75. The molecule has 0 unspecified atom stereocenters. The summed E-state index contributed by atoms with van der Waals surface area (Å²) >= 11 is 0. The Kier molecular flexibility index (Phi) is 28.0. The summed E-state index contributed by atoms with van der Waals surface area (Å²) in [5.74, 6) is -6.12. The third-order valence-corrected chi connectivity index (χ3v) is 10.3. The number of esters is 7. The second-order valence-corrected chi connectivity index (χ2v) is 16.2. The standard InChI is InChI=1S/C46H73NO19/c1-9-10-11-12-13-14-15-16-17-18-19-20-21-22-23-24-38(55)47-25-26-56-45-43(62-34(7)53)42(61-33(6)52)40(37(64-45)28-58-30(3)49)66-46-44(63-35(8)54)41(60-32(5)51)39(59-31(4)50)36(65-46)27-57-29(2)48/h16-17,36-37,39-46H,9-15,18-28H2,1-8H3,(H,47,55)/b17-16-/t36-,37-,39+,40-,41+,42+,43-,44-,45-,46+/m1/s1. The van der Waals surface area contributed by atoms with E-state index in [9.17, 15) is 38.4 Å². The number of allylic oxidation sites excluding steroid dienone is 2. The predicted molar refractivity (Wildman–Crippen MR) is 232 cm³/mol. The lowest BCUT2D eigenvalue weighted by atomic mass is 9.96. The number of hydrogen-bond acceptors (Lipinski definition) is 19. The third-order valence-electron chi connectivity index (χ3n) is 10.3. The number of hydrogen-bond donors (Lipinski definition) is 1. The maximum absolute atomic E-state index is 12.7. The van der Waals surface area contributed by atoms with Crippen molar-refractivity contribution in [1.82, 2.24) is 5.32 Å². The number of amides is 1. The molecule has 0 aromatic carbocycles. The van der Waals surface area contributed by atoms with Crippen molar-refractivity contribution in [3.8, 4) is 0 Å². The van der Waals surface area contributed by atoms with Crippen molar-refractivity contribution in [3.05, 3.63) is 12.2 Å². The first-order valence-corrected chi connectivity index (χ1v) is 23.1. The van der Waals surface area contributed by atoms with E-state index in [0.29, 0.717) is 12.8 Å². The average molecular weight is 944 g/mol. The van der Waals surface area contributed by atoms with E-state index in [0.717, 1.165) is 87.0 Å². The van der Waals surface area contributed by atoms with Crippen LogP contribution in [0.25, 0.3) is 0 Å². The van der Waals surface area contributed by atoms with Gasteiger partial charge in [-0.15, -0.1) is 0 Å². The van der Waals surface area contributed by atoms with Crippen LogP contribution in [0, 0.1) is 0 Å². The Morgan fingerprint density at radius 3 is 1.38 bits per heavy atom. The molecule has 2 rings (SSSR count). The van der Waals surface area contributed by atoms with Gasteiger partial charge in [0.2, 0.25) is 5.91 Å². The van der Waals surface area contributed by atoms with Crippen LogP contribution >= 0.6 is 0 Å². The van der Waals surface area contributed by atoms with Crippen molar-refractivity contribution in [1.29, 1.82) is 0 Å². The van der Waals surface area contributed by atoms with E-state index < -0.39 is 116 Å². The van der Waals surface area contributed by atoms with Crippen molar-refractivity contribution >= 4 is 47.7 Å². The predicted octanol–water partition coefficient (Wildman–Crippen LogP) is 4.78. The third kappa shape index (κ3) is 23.2. The first kappa shape index (κ1) is 57.5. The molecule has 0 bridgehead atoms. The van der Waals surface area contributed by atoms with Crippen LogP contribution in [0.2, 0.25) is 0 Å². The van der Waals surface area contributed by atoms with Gasteiger partial charge in [0, 0.05) is 61.4 Å². The molecule has 20 nitrogen and oxygen atoms in total. The minimum Gasteiger partial charge on any atom is -0.463 e. The van der Waals surface area contributed by atoms with Crippen molar-refractivity contribution in [2.75, 3.05) is 26.4 Å². The Bertz CT molecular complexity index is 1570. The fraction of sp³-hybridized carbons (Fsp3) is 0.783. The largest absolute Gasteiger partial charge is 0.463 e. The first-order chi connectivity index (χ1) is 31.4. The fourth-order valence-electron chi connectivity index (χ4n) is 7.42. The molecule has 1 amide bonds. The van der Waals surface area contributed by atoms with E-state index in [2.05, 4.69) is 24.4 Å². The van der Waals surface area contributed by atoms with Gasteiger partial charge in [0.05, 0.1) is 6.61 Å². The highest BCUT2D eigenvalue weighted by Crippen LogP contribution is 2.35. The summed E-state index contributed by atoms with van der Waals surface area (Å²) in [6.45, 7) is 8.43. The Morgan fingerprint density at radius 2 is 0.879 bits per heavy atom. The van der Waals surface area contributed by atoms with Crippen LogP contribution < -0.4 is 5.32 Å². The summed E-state index contributed by atoms with van der Waals surface area (Å²) in [5.41, 5.74) is 0. The van der Waals surface area contributed by atoms with Gasteiger partial charge >= 0.3 is 41.8 Å². The highest BCUT2D eigenvalue weighted by atomic mass is 16.8. The number of ether oxygens (including phenoxy) is 11. The van der Waals surface area contributed by atoms with Gasteiger partial charge in [-0.25, -0.2) is 0 Å². The number of carbonyl (C=O) groups is 8. The molecule has 0 saturated carbocycles. The molecule has 376 valence electrons. The van der Waals surface area contributed by atoms with Crippen LogP contribution in [-0.4, -0.2) is 135 Å². The number of carbonyl (C=O) groups excluding carboxylic acids is 8. The van der Waals surface area contributed by atoms with Gasteiger partial charge in [0.1, 0.15) is 31.5 Å². The van der Waals surface area contributed by atoms with Gasteiger partial charge in [-0.3, -0.25) is 38.4 Å². The molecule has 0 aliphatic carbocycles. The molecule has 0 aromatic rings. The summed E-state index contributed by atoms with van der Waals surface area (Å²) in [6, 6.07) is 0. The average Bonchev–Trinajstić information content (AvgIpc) is 3.22. The van der Waals surface area contributed by atoms with E-state index in [1.807, 2.05) is 0 Å². The summed E-state index contributed by atoms with van der Waals surface area (Å²) in [5, 5.41) is 2.79. The van der Waals surface area contributed by atoms with Gasteiger partial charge in [-0.2, -0.15) is 0 Å². The Morgan fingerprint density at radius 1 is 0.470 bits per heavy atom. The molecular weight excluding hydrogens is 870 g/mol. The van der Waals surface area contributed by atoms with Gasteiger partial charge in [0.25, 0.3) is 0 Å². The summed E-state index contributed by atoms with van der Waals surface area (Å²) in [7, 11) is 0. The first-order valence-electron chi connectivity index (χ1n) is 23.1. The summed E-state index contributed by atoms with van der Waals surface area (Å²) < 4.78 is 62.7. The van der Waals surface area contributed by atoms with Gasteiger partial charge in [-0.05, 0) is 32.1 Å². The van der Waals surface area contributed by atoms with E-state index in [1.54, 1.807) is 0 Å². The van der Waals surface area contributed by atoms with Crippen LogP contribution in [0.4, 0.5) is 0 Å². The Labute approximate surface area is 388 Å². The molecular formula is C46H73NO19. The zero-order valence-corrected chi connectivity index (χ0v) is 39.9. The SMILES string of the molecule is CCCCCCCC/C=C\CCCCCCCC(=O)NCCO[C@@H]1O[C@H](COC(C)=O)[C@@H](O[C@@H]2O[C@H](COC(C)=O)[C@H](OC(C)=O)[C@H](OC(C)=O)[C@H]2OC(C)=O)[C@H](OC(C)=O)[C@H]1OC(C)=O. The topological polar surface area (TPSA) is 250 Å². The Hall–Kier alpha value is -4.66. The molecule has 2 aliphatic heterocycles. The zero-order chi connectivity index (χ0) is 49.0. The lowest BCUT2D eigenvalue weighted by Gasteiger charge is -2.48. The van der Waals surface area contributed by atoms with Crippen LogP contribution in [0.15, 0.2) is 12.2 Å². The molecule has 2 heterocycles. The number of rotatable bonds is 30. The van der Waals surface area contributed by atoms with Crippen molar-refractivity contribution in [2.24, 2.45) is 0 Å². The van der Waals surface area contributed by atoms with E-state index in [4.69, 9.17) is 52.1 Å². The van der Waals surface area contributed by atoms with E-state index in [-0.39, 0.29) is 19.1 Å². The lowest BCUT2D eigenvalue weighted by Crippen LogP contribution is -2.67. The number of unbranched alkanes of at least 4 members (excludes halogenated alkanes) is 11. The van der Waals surface area contributed by atoms with Gasteiger partial charge in [0.15, 0.2) is 43.1 Å². The summed E-state index contributed by atoms with van der Waals surface area (Å²) in [6.07, 6.45) is 3.85. The maximum atomic E-state index is 12.7. The maximum Gasteiger partial charge on any atom is 0.303 e. The highest BCUT2D eigenvalue weighted by Gasteiger charge is 2.57. The molecule has 2 aliphatic rings. The van der Waals surface area contributed by atoms with E-state index in [1.165, 1.54) is 38.5 Å². The van der Waals surface area contributed by atoms with Crippen LogP contribution in [0.1, 0.15) is 145 Å². The second kappa shape index (κ2) is 32.1. The van der Waals surface area contributed by atoms with E-state index >= 15 is 0 Å². The van der Waals surface area contributed by atoms with Crippen molar-refractivity contribution < 1.29 is 90.5 Å². The Balaban J connectivity index is 2.20. The second-order valence-electron chi connectivity index (χ2n) is 16.2. The number of nitrogens with one attached hydrogen (secondary N) is 1. The molecule has 1 N–H and O–H groups in total. The minimum atomic E-state index is -1.82. The molecule has 0 aromatic heterocycles.